The van der Waals surface area contributed by atoms with Gasteiger partial charge in [0, 0.05) is 11.6 Å². The summed E-state index contributed by atoms with van der Waals surface area (Å²) < 4.78 is 13.7. The summed E-state index contributed by atoms with van der Waals surface area (Å²) >= 11 is 5.79. The highest BCUT2D eigenvalue weighted by molar-refractivity contribution is 6.30. The minimum Gasteiger partial charge on any atom is -0.363 e. The molecule has 0 unspecified atom stereocenters. The fourth-order valence-electron chi connectivity index (χ4n) is 1.96. The lowest BCUT2D eigenvalue weighted by Crippen LogP contribution is -2.42. The van der Waals surface area contributed by atoms with E-state index in [-0.39, 0.29) is 28.1 Å². The molecule has 0 aliphatic heterocycles. The molecule has 4 nitrogen and oxygen atoms in total. The van der Waals surface area contributed by atoms with Gasteiger partial charge < -0.3 is 11.1 Å². The van der Waals surface area contributed by atoms with Crippen LogP contribution in [0, 0.1) is 17.1 Å². The number of aromatic nitrogens is 1. The van der Waals surface area contributed by atoms with Crippen molar-refractivity contribution in [1.29, 1.82) is 5.26 Å². The third-order valence-corrected chi connectivity index (χ3v) is 3.58. The van der Waals surface area contributed by atoms with Crippen LogP contribution in [0.2, 0.25) is 5.15 Å². The van der Waals surface area contributed by atoms with Crippen LogP contribution >= 0.6 is 11.6 Å². The summed E-state index contributed by atoms with van der Waals surface area (Å²) in [4.78, 5) is 3.87. The molecule has 0 bridgehead atoms. The Bertz CT molecular complexity index is 508. The van der Waals surface area contributed by atoms with Crippen LogP contribution in [-0.4, -0.2) is 16.6 Å². The second-order valence-electron chi connectivity index (χ2n) is 4.61. The van der Waals surface area contributed by atoms with Crippen LogP contribution in [0.1, 0.15) is 31.7 Å². The first-order valence-electron chi connectivity index (χ1n) is 5.81. The zero-order chi connectivity index (χ0) is 13.3. The first-order valence-corrected chi connectivity index (χ1v) is 6.19. The maximum atomic E-state index is 13.7. The SMILES string of the molecule is CC[C@@H](Nc1nc(Cl)c(C#N)cc1F)C1(N)CC1. The van der Waals surface area contributed by atoms with Crippen LogP contribution in [0.25, 0.3) is 0 Å². The van der Waals surface area contributed by atoms with Gasteiger partial charge in [0.25, 0.3) is 0 Å². The van der Waals surface area contributed by atoms with E-state index in [1.807, 2.05) is 6.92 Å². The monoisotopic (exact) mass is 268 g/mol. The molecule has 96 valence electrons. The van der Waals surface area contributed by atoms with Crippen molar-refractivity contribution < 1.29 is 4.39 Å². The average molecular weight is 269 g/mol. The van der Waals surface area contributed by atoms with Gasteiger partial charge in [0.1, 0.15) is 11.2 Å². The summed E-state index contributed by atoms with van der Waals surface area (Å²) in [5.41, 5.74) is 5.85. The van der Waals surface area contributed by atoms with E-state index in [2.05, 4.69) is 10.3 Å². The molecule has 2 rings (SSSR count). The van der Waals surface area contributed by atoms with Gasteiger partial charge in [-0.15, -0.1) is 0 Å². The highest BCUT2D eigenvalue weighted by atomic mass is 35.5. The van der Waals surface area contributed by atoms with E-state index in [1.54, 1.807) is 6.07 Å². The summed E-state index contributed by atoms with van der Waals surface area (Å²) in [5, 5.41) is 11.7. The van der Waals surface area contributed by atoms with Crippen molar-refractivity contribution in [3.63, 3.8) is 0 Å². The lowest BCUT2D eigenvalue weighted by Gasteiger charge is -2.24. The van der Waals surface area contributed by atoms with Crippen LogP contribution in [0.15, 0.2) is 6.07 Å². The molecule has 1 fully saturated rings. The second-order valence-corrected chi connectivity index (χ2v) is 4.97. The van der Waals surface area contributed by atoms with Gasteiger partial charge in [0.05, 0.1) is 5.56 Å². The quantitative estimate of drug-likeness (QED) is 0.823. The standard InChI is InChI=1S/C12H14ClFN4/c1-2-9(12(16)3-4-12)17-11-8(14)5-7(6-15)10(13)18-11/h5,9H,2-4,16H2,1H3,(H,17,18)/t9-/m1/s1. The lowest BCUT2D eigenvalue weighted by atomic mass is 10.0. The third kappa shape index (κ3) is 2.40. The Morgan fingerprint density at radius 2 is 2.39 bits per heavy atom. The van der Waals surface area contributed by atoms with E-state index in [9.17, 15) is 4.39 Å². The number of nitrogens with one attached hydrogen (secondary N) is 1. The number of nitriles is 1. The minimum absolute atomic E-state index is 0.00174. The van der Waals surface area contributed by atoms with Crippen LogP contribution < -0.4 is 11.1 Å². The molecular formula is C12H14ClFN4. The summed E-state index contributed by atoms with van der Waals surface area (Å²) in [6, 6.07) is 2.83. The topological polar surface area (TPSA) is 74.7 Å². The minimum atomic E-state index is -0.585. The van der Waals surface area contributed by atoms with Crippen molar-refractivity contribution >= 4 is 17.4 Å². The second kappa shape index (κ2) is 4.71. The number of nitrogens with zero attached hydrogens (tertiary/aromatic N) is 2. The van der Waals surface area contributed by atoms with Gasteiger partial charge in [0.2, 0.25) is 0 Å². The van der Waals surface area contributed by atoms with Crippen LogP contribution in [0.5, 0.6) is 0 Å². The fourth-order valence-corrected chi connectivity index (χ4v) is 2.14. The Morgan fingerprint density at radius 1 is 1.72 bits per heavy atom. The molecule has 1 heterocycles. The molecule has 1 atom stereocenters. The van der Waals surface area contributed by atoms with Gasteiger partial charge in [-0.1, -0.05) is 18.5 Å². The molecule has 0 aromatic carbocycles. The van der Waals surface area contributed by atoms with E-state index in [0.717, 1.165) is 25.3 Å². The van der Waals surface area contributed by atoms with E-state index in [4.69, 9.17) is 22.6 Å². The normalized spacial score (nSPS) is 17.9. The van der Waals surface area contributed by atoms with Gasteiger partial charge in [-0.3, -0.25) is 0 Å². The zero-order valence-corrected chi connectivity index (χ0v) is 10.8. The molecule has 1 aromatic rings. The molecule has 1 aliphatic rings. The first-order chi connectivity index (χ1) is 8.50. The molecule has 18 heavy (non-hydrogen) atoms. The largest absolute Gasteiger partial charge is 0.363 e. The molecular weight excluding hydrogens is 255 g/mol. The number of hydrogen-bond donors (Lipinski definition) is 2. The molecule has 0 amide bonds. The number of rotatable bonds is 4. The predicted molar refractivity (Wildman–Crippen MR) is 67.8 cm³/mol. The number of hydrogen-bond acceptors (Lipinski definition) is 4. The zero-order valence-electron chi connectivity index (χ0n) is 10.0. The Balaban J connectivity index is 2.24. The molecule has 3 N–H and O–H groups in total. The van der Waals surface area contributed by atoms with Crippen molar-refractivity contribution in [2.75, 3.05) is 5.32 Å². The van der Waals surface area contributed by atoms with Crippen molar-refractivity contribution in [1.82, 2.24) is 4.98 Å². The van der Waals surface area contributed by atoms with E-state index >= 15 is 0 Å². The maximum Gasteiger partial charge on any atom is 0.166 e. The highest BCUT2D eigenvalue weighted by Crippen LogP contribution is 2.38. The number of pyridine rings is 1. The molecule has 0 spiro atoms. The van der Waals surface area contributed by atoms with Crippen molar-refractivity contribution in [2.45, 2.75) is 37.8 Å². The van der Waals surface area contributed by atoms with Crippen molar-refractivity contribution in [3.8, 4) is 6.07 Å². The Hall–Kier alpha value is -1.38. The van der Waals surface area contributed by atoms with Gasteiger partial charge in [-0.2, -0.15) is 5.26 Å². The lowest BCUT2D eigenvalue weighted by molar-refractivity contribution is 0.523. The molecule has 0 saturated heterocycles. The highest BCUT2D eigenvalue weighted by Gasteiger charge is 2.45. The van der Waals surface area contributed by atoms with E-state index in [1.165, 1.54) is 0 Å². The summed E-state index contributed by atoms with van der Waals surface area (Å²) in [6.07, 6.45) is 2.61. The van der Waals surface area contributed by atoms with Crippen LogP contribution in [0.4, 0.5) is 10.2 Å². The summed E-state index contributed by atoms with van der Waals surface area (Å²) in [7, 11) is 0. The van der Waals surface area contributed by atoms with Crippen molar-refractivity contribution in [3.05, 3.63) is 22.6 Å². The van der Waals surface area contributed by atoms with Gasteiger partial charge in [-0.05, 0) is 25.3 Å². The first kappa shape index (κ1) is 13.1. The molecule has 1 aliphatic carbocycles. The number of halogens is 2. The number of nitrogens with two attached hydrogens (primary N) is 1. The molecule has 6 heteroatoms. The van der Waals surface area contributed by atoms with E-state index < -0.39 is 5.82 Å². The molecule has 1 aromatic heterocycles. The van der Waals surface area contributed by atoms with Gasteiger partial charge in [-0.25, -0.2) is 9.37 Å². The third-order valence-electron chi connectivity index (χ3n) is 3.29. The summed E-state index contributed by atoms with van der Waals surface area (Å²) in [5.74, 6) is -0.527. The molecule has 0 radical (unpaired) electrons. The van der Waals surface area contributed by atoms with Crippen molar-refractivity contribution in [2.24, 2.45) is 5.73 Å². The predicted octanol–water partition coefficient (Wildman–Crippen LogP) is 2.43. The van der Waals surface area contributed by atoms with Crippen LogP contribution in [0.3, 0.4) is 0 Å². The van der Waals surface area contributed by atoms with Crippen LogP contribution in [-0.2, 0) is 0 Å². The molecule has 1 saturated carbocycles. The summed E-state index contributed by atoms with van der Waals surface area (Å²) in [6.45, 7) is 1.98. The Kier molecular flexibility index (Phi) is 3.42. The average Bonchev–Trinajstić information content (AvgIpc) is 3.08. The van der Waals surface area contributed by atoms with Gasteiger partial charge >= 0.3 is 0 Å². The Morgan fingerprint density at radius 3 is 2.89 bits per heavy atom. The smallest absolute Gasteiger partial charge is 0.166 e. The Labute approximate surface area is 110 Å². The van der Waals surface area contributed by atoms with E-state index in [0.29, 0.717) is 0 Å². The number of anilines is 1. The maximum absolute atomic E-state index is 13.7. The van der Waals surface area contributed by atoms with Gasteiger partial charge in [0.15, 0.2) is 11.6 Å². The fraction of sp³-hybridized carbons (Fsp3) is 0.500.